The molecule has 1 fully saturated rings. The lowest BCUT2D eigenvalue weighted by Crippen LogP contribution is -2.33. The van der Waals surface area contributed by atoms with E-state index >= 15 is 4.39 Å². The predicted molar refractivity (Wildman–Crippen MR) is 156 cm³/mol. The van der Waals surface area contributed by atoms with Crippen LogP contribution < -0.4 is 15.8 Å². The summed E-state index contributed by atoms with van der Waals surface area (Å²) in [5.41, 5.74) is 7.37. The Morgan fingerprint density at radius 2 is 1.79 bits per heavy atom. The van der Waals surface area contributed by atoms with Crippen LogP contribution in [-0.4, -0.2) is 47.4 Å². The monoisotopic (exact) mass is 617 g/mol. The quantitative estimate of drug-likeness (QED) is 0.205. The highest BCUT2D eigenvalue weighted by molar-refractivity contribution is 7.90. The standard InChI is InChI=1S/C30H31F4N5O3S/c1-18-25(31)16-24-19(17-43(40,41)15-12-30(32,33)34)4-2-5-22(24)27(18)42-28-23(6-3-13-36-28)26-11-14-37-29(39-26)38-21-9-7-20(35)8-10-21/h2-6,11,13-14,16,20-21H,7-10,12,15,17,35H2,1H3,(H,37,38,39). The largest absolute Gasteiger partial charge is 0.437 e. The van der Waals surface area contributed by atoms with Crippen molar-refractivity contribution in [2.24, 2.45) is 5.73 Å². The Morgan fingerprint density at radius 1 is 1.02 bits per heavy atom. The third kappa shape index (κ3) is 7.57. The molecular weight excluding hydrogens is 586 g/mol. The topological polar surface area (TPSA) is 120 Å². The van der Waals surface area contributed by atoms with E-state index in [4.69, 9.17) is 10.5 Å². The molecule has 5 rings (SSSR count). The smallest absolute Gasteiger partial charge is 0.390 e. The molecule has 228 valence electrons. The van der Waals surface area contributed by atoms with Gasteiger partial charge in [0.1, 0.15) is 11.6 Å². The molecule has 1 aliphatic carbocycles. The highest BCUT2D eigenvalue weighted by Crippen LogP contribution is 2.39. The number of fused-ring (bicyclic) bond motifs is 1. The summed E-state index contributed by atoms with van der Waals surface area (Å²) >= 11 is 0. The second kappa shape index (κ2) is 12.4. The van der Waals surface area contributed by atoms with Gasteiger partial charge in [-0.15, -0.1) is 0 Å². The van der Waals surface area contributed by atoms with Gasteiger partial charge in [-0.1, -0.05) is 18.2 Å². The molecule has 4 aromatic rings. The summed E-state index contributed by atoms with van der Waals surface area (Å²) in [4.78, 5) is 13.4. The van der Waals surface area contributed by atoms with E-state index in [1.54, 1.807) is 36.5 Å². The van der Waals surface area contributed by atoms with Crippen LogP contribution in [-0.2, 0) is 15.6 Å². The van der Waals surface area contributed by atoms with Crippen molar-refractivity contribution in [3.63, 3.8) is 0 Å². The maximum absolute atomic E-state index is 15.2. The molecule has 0 atom stereocenters. The zero-order valence-electron chi connectivity index (χ0n) is 23.4. The summed E-state index contributed by atoms with van der Waals surface area (Å²) in [5.74, 6) is -1.73. The summed E-state index contributed by atoms with van der Waals surface area (Å²) in [7, 11) is -4.14. The van der Waals surface area contributed by atoms with Crippen LogP contribution in [0.15, 0.2) is 54.9 Å². The molecular formula is C30H31F4N5O3S. The van der Waals surface area contributed by atoms with Crippen molar-refractivity contribution in [3.05, 3.63) is 71.8 Å². The first-order chi connectivity index (χ1) is 20.4. The van der Waals surface area contributed by atoms with Gasteiger partial charge in [0, 0.05) is 35.4 Å². The molecule has 0 amide bonds. The minimum absolute atomic E-state index is 0.107. The molecule has 2 heterocycles. The Morgan fingerprint density at radius 3 is 2.53 bits per heavy atom. The Balaban J connectivity index is 1.47. The average Bonchev–Trinajstić information content (AvgIpc) is 2.96. The molecule has 0 unspecified atom stereocenters. The van der Waals surface area contributed by atoms with E-state index in [2.05, 4.69) is 20.3 Å². The fourth-order valence-corrected chi connectivity index (χ4v) is 6.57. The van der Waals surface area contributed by atoms with Gasteiger partial charge < -0.3 is 15.8 Å². The molecule has 13 heteroatoms. The van der Waals surface area contributed by atoms with E-state index < -0.39 is 39.8 Å². The van der Waals surface area contributed by atoms with Crippen molar-refractivity contribution >= 4 is 26.6 Å². The molecule has 3 N–H and O–H groups in total. The van der Waals surface area contributed by atoms with Crippen LogP contribution in [0.2, 0.25) is 0 Å². The highest BCUT2D eigenvalue weighted by atomic mass is 32.2. The van der Waals surface area contributed by atoms with E-state index in [9.17, 15) is 21.6 Å². The minimum atomic E-state index is -4.61. The average molecular weight is 618 g/mol. The summed E-state index contributed by atoms with van der Waals surface area (Å²) in [6.45, 7) is 1.52. The number of nitrogens with one attached hydrogen (secondary N) is 1. The Labute approximate surface area is 246 Å². The SMILES string of the molecule is Cc1c(F)cc2c(CS(=O)(=O)CCC(F)(F)F)cccc2c1Oc1ncccc1-c1ccnc(NC2CCC(N)CC2)n1. The van der Waals surface area contributed by atoms with E-state index in [0.717, 1.165) is 25.7 Å². The first-order valence-electron chi connectivity index (χ1n) is 13.8. The molecule has 0 bridgehead atoms. The van der Waals surface area contributed by atoms with Crippen LogP contribution in [0.4, 0.5) is 23.5 Å². The number of hydrogen-bond acceptors (Lipinski definition) is 8. The summed E-state index contributed by atoms with van der Waals surface area (Å²) < 4.78 is 84.5. The molecule has 8 nitrogen and oxygen atoms in total. The Hall–Kier alpha value is -3.84. The molecule has 0 aliphatic heterocycles. The molecule has 43 heavy (non-hydrogen) atoms. The number of ether oxygens (including phenoxy) is 1. The number of anilines is 1. The lowest BCUT2D eigenvalue weighted by Gasteiger charge is -2.26. The molecule has 0 spiro atoms. The number of hydrogen-bond donors (Lipinski definition) is 2. The lowest BCUT2D eigenvalue weighted by atomic mass is 9.92. The molecule has 2 aromatic carbocycles. The van der Waals surface area contributed by atoms with Gasteiger partial charge in [-0.05, 0) is 67.8 Å². The van der Waals surface area contributed by atoms with Gasteiger partial charge in [0.15, 0.2) is 9.84 Å². The predicted octanol–water partition coefficient (Wildman–Crippen LogP) is 6.48. The zero-order valence-corrected chi connectivity index (χ0v) is 24.2. The van der Waals surface area contributed by atoms with Crippen LogP contribution in [0.1, 0.15) is 43.2 Å². The van der Waals surface area contributed by atoms with Crippen molar-refractivity contribution in [2.75, 3.05) is 11.1 Å². The third-order valence-electron chi connectivity index (χ3n) is 7.49. The number of aromatic nitrogens is 3. The fourth-order valence-electron chi connectivity index (χ4n) is 5.15. The maximum atomic E-state index is 15.2. The Bertz CT molecular complexity index is 1730. The number of halogens is 4. The molecule has 1 aliphatic rings. The Kier molecular flexibility index (Phi) is 8.84. The van der Waals surface area contributed by atoms with Gasteiger partial charge in [-0.25, -0.2) is 27.8 Å². The van der Waals surface area contributed by atoms with E-state index in [0.29, 0.717) is 22.6 Å². The van der Waals surface area contributed by atoms with Gasteiger partial charge in [-0.3, -0.25) is 0 Å². The van der Waals surface area contributed by atoms with Gasteiger partial charge in [0.2, 0.25) is 11.8 Å². The second-order valence-electron chi connectivity index (χ2n) is 10.8. The van der Waals surface area contributed by atoms with Gasteiger partial charge in [-0.2, -0.15) is 13.2 Å². The maximum Gasteiger partial charge on any atom is 0.390 e. The summed E-state index contributed by atoms with van der Waals surface area (Å²) in [6, 6.07) is 11.4. The van der Waals surface area contributed by atoms with Crippen LogP contribution >= 0.6 is 0 Å². The molecule has 0 radical (unpaired) electrons. The number of nitrogens with two attached hydrogens (primary N) is 1. The van der Waals surface area contributed by atoms with E-state index in [1.165, 1.54) is 25.3 Å². The summed E-state index contributed by atoms with van der Waals surface area (Å²) in [5, 5.41) is 3.97. The van der Waals surface area contributed by atoms with Crippen molar-refractivity contribution in [2.45, 2.75) is 63.0 Å². The van der Waals surface area contributed by atoms with Crippen LogP contribution in [0.3, 0.4) is 0 Å². The zero-order chi connectivity index (χ0) is 30.8. The second-order valence-corrected chi connectivity index (χ2v) is 12.9. The van der Waals surface area contributed by atoms with Gasteiger partial charge in [0.25, 0.3) is 0 Å². The number of benzene rings is 2. The third-order valence-corrected chi connectivity index (χ3v) is 9.07. The van der Waals surface area contributed by atoms with E-state index in [-0.39, 0.29) is 40.2 Å². The molecule has 2 aromatic heterocycles. The number of nitrogens with zero attached hydrogens (tertiary/aromatic N) is 3. The highest BCUT2D eigenvalue weighted by Gasteiger charge is 2.30. The summed E-state index contributed by atoms with van der Waals surface area (Å²) in [6.07, 6.45) is 0.714. The van der Waals surface area contributed by atoms with Crippen LogP contribution in [0, 0.1) is 12.7 Å². The molecule has 0 saturated heterocycles. The first-order valence-corrected chi connectivity index (χ1v) is 15.7. The van der Waals surface area contributed by atoms with Gasteiger partial charge in [0.05, 0.1) is 29.2 Å². The normalized spacial score (nSPS) is 17.6. The minimum Gasteiger partial charge on any atom is -0.437 e. The lowest BCUT2D eigenvalue weighted by molar-refractivity contribution is -0.129. The number of pyridine rings is 1. The van der Waals surface area contributed by atoms with Crippen molar-refractivity contribution < 1.29 is 30.7 Å². The number of sulfone groups is 1. The van der Waals surface area contributed by atoms with Crippen molar-refractivity contribution in [3.8, 4) is 22.9 Å². The fraction of sp³-hybridized carbons (Fsp3) is 0.367. The number of alkyl halides is 3. The molecule has 1 saturated carbocycles. The van der Waals surface area contributed by atoms with Crippen LogP contribution in [0.25, 0.3) is 22.0 Å². The van der Waals surface area contributed by atoms with Crippen molar-refractivity contribution in [1.82, 2.24) is 15.0 Å². The van der Waals surface area contributed by atoms with E-state index in [1.807, 2.05) is 0 Å². The van der Waals surface area contributed by atoms with Gasteiger partial charge >= 0.3 is 6.18 Å². The first kappa shape index (κ1) is 30.6. The van der Waals surface area contributed by atoms with Crippen molar-refractivity contribution in [1.29, 1.82) is 0 Å². The van der Waals surface area contributed by atoms with Crippen LogP contribution in [0.5, 0.6) is 11.6 Å². The number of rotatable bonds is 9.